The maximum atomic E-state index is 5.85. The standard InChI is InChI=1S/C21H37N5O3.HI/c1-3-22-21(23-7-4-12-28-17-19-5-13-27-14-6-19)26-10-8-25(9-11-26)16-20-15-18(2)29-24-20;/h15,19H,3-14,16-17H2,1-2H3,(H,22,23);1H. The Labute approximate surface area is 197 Å². The van der Waals surface area contributed by atoms with Crippen molar-refractivity contribution in [3.05, 3.63) is 17.5 Å². The van der Waals surface area contributed by atoms with Crippen LogP contribution in [0, 0.1) is 12.8 Å². The molecule has 30 heavy (non-hydrogen) atoms. The summed E-state index contributed by atoms with van der Waals surface area (Å²) in [5, 5.41) is 7.54. The molecule has 0 amide bonds. The second kappa shape index (κ2) is 14.2. The second-order valence-electron chi connectivity index (χ2n) is 7.91. The molecule has 0 radical (unpaired) electrons. The predicted octanol–water partition coefficient (Wildman–Crippen LogP) is 2.52. The Morgan fingerprint density at radius 1 is 1.27 bits per heavy atom. The first-order valence-corrected chi connectivity index (χ1v) is 11.1. The number of aliphatic imine (C=N–C) groups is 1. The van der Waals surface area contributed by atoms with Gasteiger partial charge in [0.05, 0.1) is 5.69 Å². The van der Waals surface area contributed by atoms with Crippen molar-refractivity contribution >= 4 is 29.9 Å². The normalized spacial score (nSPS) is 19.0. The van der Waals surface area contributed by atoms with Crippen molar-refractivity contribution in [2.24, 2.45) is 10.9 Å². The molecule has 3 rings (SSSR count). The summed E-state index contributed by atoms with van der Waals surface area (Å²) in [7, 11) is 0. The van der Waals surface area contributed by atoms with Gasteiger partial charge in [0.2, 0.25) is 0 Å². The van der Waals surface area contributed by atoms with E-state index in [0.717, 1.165) is 109 Å². The predicted molar refractivity (Wildman–Crippen MR) is 128 cm³/mol. The smallest absolute Gasteiger partial charge is 0.194 e. The van der Waals surface area contributed by atoms with Crippen molar-refractivity contribution in [3.63, 3.8) is 0 Å². The Hall–Kier alpha value is -0.910. The van der Waals surface area contributed by atoms with Crippen LogP contribution in [0.3, 0.4) is 0 Å². The van der Waals surface area contributed by atoms with E-state index in [2.05, 4.69) is 27.2 Å². The zero-order valence-corrected chi connectivity index (χ0v) is 20.8. The van der Waals surface area contributed by atoms with Gasteiger partial charge in [-0.05, 0) is 39.0 Å². The van der Waals surface area contributed by atoms with E-state index in [-0.39, 0.29) is 24.0 Å². The van der Waals surface area contributed by atoms with Crippen molar-refractivity contribution in [3.8, 4) is 0 Å². The van der Waals surface area contributed by atoms with E-state index in [9.17, 15) is 0 Å². The summed E-state index contributed by atoms with van der Waals surface area (Å²) in [6.45, 7) is 14.0. The van der Waals surface area contributed by atoms with Gasteiger partial charge < -0.3 is 24.2 Å². The van der Waals surface area contributed by atoms with Crippen molar-refractivity contribution in [2.45, 2.75) is 39.7 Å². The van der Waals surface area contributed by atoms with Crippen LogP contribution in [0.1, 0.15) is 37.6 Å². The first-order chi connectivity index (χ1) is 14.2. The fraction of sp³-hybridized carbons (Fsp3) is 0.810. The molecule has 2 aliphatic heterocycles. The highest BCUT2D eigenvalue weighted by Gasteiger charge is 2.20. The lowest BCUT2D eigenvalue weighted by molar-refractivity contribution is 0.0205. The molecule has 1 aromatic heterocycles. The van der Waals surface area contributed by atoms with E-state index in [1.807, 2.05) is 13.0 Å². The number of piperazine rings is 1. The van der Waals surface area contributed by atoms with Gasteiger partial charge in [-0.3, -0.25) is 9.89 Å². The lowest BCUT2D eigenvalue weighted by Crippen LogP contribution is -2.52. The fourth-order valence-corrected chi connectivity index (χ4v) is 3.78. The van der Waals surface area contributed by atoms with Gasteiger partial charge in [-0.15, -0.1) is 24.0 Å². The molecule has 3 heterocycles. The number of aromatic nitrogens is 1. The summed E-state index contributed by atoms with van der Waals surface area (Å²) >= 11 is 0. The molecule has 0 bridgehead atoms. The summed E-state index contributed by atoms with van der Waals surface area (Å²) in [6, 6.07) is 2.02. The zero-order chi connectivity index (χ0) is 20.3. The molecule has 0 atom stereocenters. The molecule has 0 spiro atoms. The van der Waals surface area contributed by atoms with Crippen molar-refractivity contribution in [1.82, 2.24) is 20.3 Å². The zero-order valence-electron chi connectivity index (χ0n) is 18.5. The summed E-state index contributed by atoms with van der Waals surface area (Å²) < 4.78 is 16.4. The van der Waals surface area contributed by atoms with Crippen LogP contribution in [0.2, 0.25) is 0 Å². The van der Waals surface area contributed by atoms with Crippen molar-refractivity contribution < 1.29 is 14.0 Å². The third-order valence-corrected chi connectivity index (χ3v) is 5.47. The highest BCUT2D eigenvalue weighted by atomic mass is 127. The maximum Gasteiger partial charge on any atom is 0.194 e. The van der Waals surface area contributed by atoms with Crippen LogP contribution in [0.5, 0.6) is 0 Å². The van der Waals surface area contributed by atoms with Crippen LogP contribution in [0.25, 0.3) is 0 Å². The van der Waals surface area contributed by atoms with Gasteiger partial charge in [0.25, 0.3) is 0 Å². The molecule has 1 aromatic rings. The fourth-order valence-electron chi connectivity index (χ4n) is 3.78. The average molecular weight is 535 g/mol. The SMILES string of the molecule is CCNC(=NCCCOCC1CCOCC1)N1CCN(Cc2cc(C)on2)CC1.I. The van der Waals surface area contributed by atoms with Crippen LogP contribution >= 0.6 is 24.0 Å². The van der Waals surface area contributed by atoms with E-state index >= 15 is 0 Å². The summed E-state index contributed by atoms with van der Waals surface area (Å²) in [5.74, 6) is 2.56. The number of ether oxygens (including phenoxy) is 2. The minimum absolute atomic E-state index is 0. The highest BCUT2D eigenvalue weighted by molar-refractivity contribution is 14.0. The average Bonchev–Trinajstić information content (AvgIpc) is 3.15. The number of nitrogens with zero attached hydrogens (tertiary/aromatic N) is 4. The quantitative estimate of drug-likeness (QED) is 0.226. The highest BCUT2D eigenvalue weighted by Crippen LogP contribution is 2.14. The van der Waals surface area contributed by atoms with E-state index < -0.39 is 0 Å². The number of hydrogen-bond acceptors (Lipinski definition) is 6. The molecule has 9 heteroatoms. The van der Waals surface area contributed by atoms with Crippen molar-refractivity contribution in [1.29, 1.82) is 0 Å². The van der Waals surface area contributed by atoms with Gasteiger partial charge in [0, 0.05) is 78.3 Å². The van der Waals surface area contributed by atoms with Gasteiger partial charge in [-0.1, -0.05) is 5.16 Å². The van der Waals surface area contributed by atoms with Crippen LogP contribution in [-0.2, 0) is 16.0 Å². The van der Waals surface area contributed by atoms with Crippen LogP contribution in [0.15, 0.2) is 15.6 Å². The topological polar surface area (TPSA) is 75.4 Å². The molecular weight excluding hydrogens is 497 g/mol. The van der Waals surface area contributed by atoms with E-state index in [1.165, 1.54) is 0 Å². The summed E-state index contributed by atoms with van der Waals surface area (Å²) in [6.07, 6.45) is 3.22. The largest absolute Gasteiger partial charge is 0.381 e. The van der Waals surface area contributed by atoms with E-state index in [1.54, 1.807) is 0 Å². The first kappa shape index (κ1) is 25.4. The van der Waals surface area contributed by atoms with Crippen molar-refractivity contribution in [2.75, 3.05) is 65.7 Å². The molecule has 172 valence electrons. The Bertz CT molecular complexity index is 614. The number of rotatable bonds is 9. The maximum absolute atomic E-state index is 5.85. The minimum Gasteiger partial charge on any atom is -0.381 e. The number of halogens is 1. The van der Waals surface area contributed by atoms with Crippen LogP contribution in [0.4, 0.5) is 0 Å². The van der Waals surface area contributed by atoms with Gasteiger partial charge >= 0.3 is 0 Å². The van der Waals surface area contributed by atoms with Crippen LogP contribution in [-0.4, -0.2) is 86.6 Å². The lowest BCUT2D eigenvalue weighted by atomic mass is 10.0. The Balaban J connectivity index is 0.00000320. The minimum atomic E-state index is 0. The summed E-state index contributed by atoms with van der Waals surface area (Å²) in [5.41, 5.74) is 1.01. The van der Waals surface area contributed by atoms with E-state index in [0.29, 0.717) is 5.92 Å². The van der Waals surface area contributed by atoms with Crippen LogP contribution < -0.4 is 5.32 Å². The molecule has 1 N–H and O–H groups in total. The molecule has 0 aliphatic carbocycles. The number of aryl methyl sites for hydroxylation is 1. The molecule has 2 aliphatic rings. The third kappa shape index (κ3) is 8.68. The number of hydrogen-bond donors (Lipinski definition) is 1. The number of nitrogens with one attached hydrogen (secondary N) is 1. The van der Waals surface area contributed by atoms with Gasteiger partial charge in [-0.25, -0.2) is 0 Å². The molecular formula is C21H38IN5O3. The molecule has 8 nitrogen and oxygen atoms in total. The molecule has 2 saturated heterocycles. The molecule has 0 unspecified atom stereocenters. The Kier molecular flexibility index (Phi) is 12.0. The Morgan fingerprint density at radius 2 is 2.03 bits per heavy atom. The Morgan fingerprint density at radius 3 is 2.70 bits per heavy atom. The van der Waals surface area contributed by atoms with Gasteiger partial charge in [-0.2, -0.15) is 0 Å². The van der Waals surface area contributed by atoms with Gasteiger partial charge in [0.1, 0.15) is 5.76 Å². The second-order valence-corrected chi connectivity index (χ2v) is 7.91. The summed E-state index contributed by atoms with van der Waals surface area (Å²) in [4.78, 5) is 9.60. The van der Waals surface area contributed by atoms with E-state index in [4.69, 9.17) is 19.0 Å². The molecule has 0 aromatic carbocycles. The lowest BCUT2D eigenvalue weighted by Gasteiger charge is -2.36. The first-order valence-electron chi connectivity index (χ1n) is 11.1. The third-order valence-electron chi connectivity index (χ3n) is 5.47. The number of guanidine groups is 1. The monoisotopic (exact) mass is 535 g/mol. The molecule has 0 saturated carbocycles. The van der Waals surface area contributed by atoms with Gasteiger partial charge in [0.15, 0.2) is 5.96 Å². The molecule has 2 fully saturated rings.